The lowest BCUT2D eigenvalue weighted by molar-refractivity contribution is -0.925. The SMILES string of the molecule is c1ccc(-c2noc(C[NH+]3CC[C@@H]4CCCC[C@@H]4C3)n2)cc1. The third kappa shape index (κ3) is 2.93. The second-order valence-electron chi connectivity index (χ2n) is 6.85. The van der Waals surface area contributed by atoms with Gasteiger partial charge in [-0.3, -0.25) is 0 Å². The van der Waals surface area contributed by atoms with Crippen LogP contribution in [0, 0.1) is 11.8 Å². The molecule has 1 saturated heterocycles. The van der Waals surface area contributed by atoms with Crippen LogP contribution >= 0.6 is 0 Å². The van der Waals surface area contributed by atoms with Crippen LogP contribution in [0.15, 0.2) is 34.9 Å². The van der Waals surface area contributed by atoms with Gasteiger partial charge in [-0.15, -0.1) is 0 Å². The van der Waals surface area contributed by atoms with Gasteiger partial charge in [0.1, 0.15) is 0 Å². The summed E-state index contributed by atoms with van der Waals surface area (Å²) >= 11 is 0. The number of aromatic nitrogens is 2. The van der Waals surface area contributed by atoms with Crippen LogP contribution in [0.1, 0.15) is 38.0 Å². The molecule has 2 heterocycles. The van der Waals surface area contributed by atoms with Gasteiger partial charge in [0.25, 0.3) is 5.89 Å². The molecule has 0 amide bonds. The van der Waals surface area contributed by atoms with Crippen molar-refractivity contribution in [1.82, 2.24) is 10.1 Å². The van der Waals surface area contributed by atoms with Gasteiger partial charge in [0.15, 0.2) is 6.54 Å². The Bertz CT molecular complexity index is 610. The number of hydrogen-bond acceptors (Lipinski definition) is 3. The normalized spacial score (nSPS) is 28.3. The number of nitrogens with one attached hydrogen (secondary N) is 1. The Morgan fingerprint density at radius 1 is 1.05 bits per heavy atom. The van der Waals surface area contributed by atoms with Crippen molar-refractivity contribution in [2.75, 3.05) is 13.1 Å². The molecular formula is C18H24N3O+. The molecule has 0 radical (unpaired) electrons. The van der Waals surface area contributed by atoms with E-state index in [1.54, 1.807) is 4.90 Å². The Balaban J connectivity index is 1.40. The maximum Gasteiger partial charge on any atom is 0.282 e. The summed E-state index contributed by atoms with van der Waals surface area (Å²) in [5, 5.41) is 4.13. The van der Waals surface area contributed by atoms with Gasteiger partial charge in [0.2, 0.25) is 5.82 Å². The van der Waals surface area contributed by atoms with Crippen molar-refractivity contribution in [2.45, 2.75) is 38.6 Å². The van der Waals surface area contributed by atoms with Gasteiger partial charge in [-0.1, -0.05) is 48.3 Å². The number of hydrogen-bond donors (Lipinski definition) is 1. The first-order chi connectivity index (χ1) is 10.9. The molecule has 4 rings (SSSR count). The summed E-state index contributed by atoms with van der Waals surface area (Å²) in [6.07, 6.45) is 7.12. The molecule has 0 bridgehead atoms. The standard InChI is InChI=1S/C18H23N3O/c1-2-7-15(8-3-1)18-19-17(22-20-18)13-21-11-10-14-6-4-5-9-16(14)12-21/h1-3,7-8,14,16H,4-6,9-13H2/p+1/t14-,16+/m0/s1. The van der Waals surface area contributed by atoms with E-state index in [9.17, 15) is 0 Å². The fourth-order valence-corrected chi connectivity index (χ4v) is 4.20. The predicted molar refractivity (Wildman–Crippen MR) is 84.2 cm³/mol. The van der Waals surface area contributed by atoms with E-state index in [2.05, 4.69) is 10.1 Å². The quantitative estimate of drug-likeness (QED) is 0.946. The minimum absolute atomic E-state index is 0.711. The highest BCUT2D eigenvalue weighted by atomic mass is 16.5. The zero-order chi connectivity index (χ0) is 14.8. The number of rotatable bonds is 3. The molecule has 116 valence electrons. The zero-order valence-corrected chi connectivity index (χ0v) is 13.0. The maximum absolute atomic E-state index is 5.48. The van der Waals surface area contributed by atoms with Gasteiger partial charge >= 0.3 is 0 Å². The Hall–Kier alpha value is -1.68. The number of piperidine rings is 1. The summed E-state index contributed by atoms with van der Waals surface area (Å²) in [7, 11) is 0. The molecule has 1 aromatic heterocycles. The molecule has 1 N–H and O–H groups in total. The molecule has 2 fully saturated rings. The van der Waals surface area contributed by atoms with Gasteiger partial charge in [-0.25, -0.2) is 0 Å². The van der Waals surface area contributed by atoms with Crippen molar-refractivity contribution in [3.63, 3.8) is 0 Å². The molecule has 1 aliphatic carbocycles. The van der Waals surface area contributed by atoms with Crippen molar-refractivity contribution in [3.05, 3.63) is 36.2 Å². The summed E-state index contributed by atoms with van der Waals surface area (Å²) < 4.78 is 5.48. The lowest BCUT2D eigenvalue weighted by Crippen LogP contribution is -3.12. The molecule has 1 unspecified atom stereocenters. The summed E-state index contributed by atoms with van der Waals surface area (Å²) in [5.41, 5.74) is 1.03. The zero-order valence-electron chi connectivity index (χ0n) is 13.0. The largest absolute Gasteiger partial charge is 0.333 e. The lowest BCUT2D eigenvalue weighted by Gasteiger charge is -2.38. The monoisotopic (exact) mass is 298 g/mol. The van der Waals surface area contributed by atoms with Crippen LogP contribution in [0.5, 0.6) is 0 Å². The van der Waals surface area contributed by atoms with Crippen LogP contribution < -0.4 is 4.90 Å². The maximum atomic E-state index is 5.48. The molecule has 1 aromatic carbocycles. The Labute approximate surface area is 131 Å². The highest BCUT2D eigenvalue weighted by Gasteiger charge is 2.34. The second kappa shape index (κ2) is 6.21. The summed E-state index contributed by atoms with van der Waals surface area (Å²) in [6, 6.07) is 10.1. The van der Waals surface area contributed by atoms with Gasteiger partial charge in [0, 0.05) is 11.5 Å². The lowest BCUT2D eigenvalue weighted by atomic mass is 9.75. The molecule has 4 nitrogen and oxygen atoms in total. The summed E-state index contributed by atoms with van der Waals surface area (Å²) in [6.45, 7) is 3.42. The molecule has 2 aliphatic rings. The molecule has 22 heavy (non-hydrogen) atoms. The van der Waals surface area contributed by atoms with E-state index in [0.29, 0.717) is 5.82 Å². The predicted octanol–water partition coefficient (Wildman–Crippen LogP) is 2.33. The summed E-state index contributed by atoms with van der Waals surface area (Å²) in [4.78, 5) is 6.20. The molecule has 3 atom stereocenters. The van der Waals surface area contributed by atoms with E-state index in [4.69, 9.17) is 4.52 Å². The number of fused-ring (bicyclic) bond motifs is 1. The van der Waals surface area contributed by atoms with Gasteiger partial charge < -0.3 is 9.42 Å². The van der Waals surface area contributed by atoms with Crippen molar-refractivity contribution in [1.29, 1.82) is 0 Å². The van der Waals surface area contributed by atoms with Crippen LogP contribution in [0.2, 0.25) is 0 Å². The molecule has 2 aromatic rings. The van der Waals surface area contributed by atoms with Crippen molar-refractivity contribution >= 4 is 0 Å². The number of likely N-dealkylation sites (tertiary alicyclic amines) is 1. The highest BCUT2D eigenvalue weighted by molar-refractivity contribution is 5.53. The number of quaternary nitrogens is 1. The minimum Gasteiger partial charge on any atom is -0.333 e. The smallest absolute Gasteiger partial charge is 0.282 e. The van der Waals surface area contributed by atoms with Crippen molar-refractivity contribution in [3.8, 4) is 11.4 Å². The van der Waals surface area contributed by atoms with Crippen molar-refractivity contribution < 1.29 is 9.42 Å². The molecule has 4 heteroatoms. The first-order valence-corrected chi connectivity index (χ1v) is 8.60. The topological polar surface area (TPSA) is 43.4 Å². The van der Waals surface area contributed by atoms with E-state index < -0.39 is 0 Å². The van der Waals surface area contributed by atoms with Crippen LogP contribution in [0.3, 0.4) is 0 Å². The average Bonchev–Trinajstić information content (AvgIpc) is 3.04. The van der Waals surface area contributed by atoms with Gasteiger partial charge in [-0.05, 0) is 25.2 Å². The fraction of sp³-hybridized carbons (Fsp3) is 0.556. The van der Waals surface area contributed by atoms with Crippen LogP contribution in [-0.2, 0) is 6.54 Å². The minimum atomic E-state index is 0.711. The molecular weight excluding hydrogens is 274 g/mol. The average molecular weight is 298 g/mol. The molecule has 1 aliphatic heterocycles. The van der Waals surface area contributed by atoms with Gasteiger partial charge in [0.05, 0.1) is 13.1 Å². The summed E-state index contributed by atoms with van der Waals surface area (Å²) in [5.74, 6) is 3.40. The number of benzene rings is 1. The van der Waals surface area contributed by atoms with Crippen LogP contribution in [0.4, 0.5) is 0 Å². The molecule has 1 saturated carbocycles. The third-order valence-electron chi connectivity index (χ3n) is 5.39. The van der Waals surface area contributed by atoms with E-state index in [0.717, 1.165) is 29.8 Å². The first kappa shape index (κ1) is 13.9. The van der Waals surface area contributed by atoms with Gasteiger partial charge in [-0.2, -0.15) is 4.98 Å². The molecule has 0 spiro atoms. The van der Waals surface area contributed by atoms with E-state index >= 15 is 0 Å². The van der Waals surface area contributed by atoms with Crippen LogP contribution in [-0.4, -0.2) is 23.2 Å². The third-order valence-corrected chi connectivity index (χ3v) is 5.39. The Morgan fingerprint density at radius 3 is 2.73 bits per heavy atom. The Morgan fingerprint density at radius 2 is 1.86 bits per heavy atom. The van der Waals surface area contributed by atoms with E-state index in [-0.39, 0.29) is 0 Å². The second-order valence-corrected chi connectivity index (χ2v) is 6.85. The Kier molecular flexibility index (Phi) is 3.94. The van der Waals surface area contributed by atoms with Crippen molar-refractivity contribution in [2.24, 2.45) is 11.8 Å². The van der Waals surface area contributed by atoms with E-state index in [1.807, 2.05) is 30.3 Å². The first-order valence-electron chi connectivity index (χ1n) is 8.60. The van der Waals surface area contributed by atoms with E-state index in [1.165, 1.54) is 45.2 Å². The highest BCUT2D eigenvalue weighted by Crippen LogP contribution is 2.32. The number of nitrogens with zero attached hydrogens (tertiary/aromatic N) is 2. The fourth-order valence-electron chi connectivity index (χ4n) is 4.20. The van der Waals surface area contributed by atoms with Crippen LogP contribution in [0.25, 0.3) is 11.4 Å².